The van der Waals surface area contributed by atoms with Crippen LogP contribution in [0.15, 0.2) is 66.7 Å². The molecule has 0 saturated heterocycles. The van der Waals surface area contributed by atoms with Crippen molar-refractivity contribution < 1.29 is 19.1 Å². The van der Waals surface area contributed by atoms with Crippen LogP contribution in [0.5, 0.6) is 5.75 Å². The second-order valence-corrected chi connectivity index (χ2v) is 9.73. The molecule has 2 amide bonds. The number of amides is 2. The second kappa shape index (κ2) is 10.6. The van der Waals surface area contributed by atoms with Crippen molar-refractivity contribution in [1.82, 2.24) is 20.3 Å². The molecule has 0 aliphatic carbocycles. The Kier molecular flexibility index (Phi) is 7.45. The molecule has 0 spiro atoms. The fraction of sp³-hybridized carbons (Fsp3) is 0.259. The monoisotopic (exact) mass is 523 g/mol. The SMILES string of the molecule is CCC(C)(C)NC(=O)[C@H](c1ccc(O)cc1)N(C(=O)Cn1nnc2ccccc21)c1ccc(F)c(Cl)c1. The highest BCUT2D eigenvalue weighted by Gasteiger charge is 2.35. The largest absolute Gasteiger partial charge is 0.508 e. The van der Waals surface area contributed by atoms with Gasteiger partial charge in [-0.05, 0) is 68.3 Å². The summed E-state index contributed by atoms with van der Waals surface area (Å²) < 4.78 is 15.5. The van der Waals surface area contributed by atoms with E-state index in [2.05, 4.69) is 15.6 Å². The predicted octanol–water partition coefficient (Wildman–Crippen LogP) is 5.01. The van der Waals surface area contributed by atoms with Crippen molar-refractivity contribution >= 4 is 40.1 Å². The number of rotatable bonds is 8. The molecule has 192 valence electrons. The van der Waals surface area contributed by atoms with Crippen LogP contribution in [0.25, 0.3) is 11.0 Å². The van der Waals surface area contributed by atoms with Crippen molar-refractivity contribution in [2.45, 2.75) is 45.3 Å². The van der Waals surface area contributed by atoms with Crippen molar-refractivity contribution in [2.75, 3.05) is 4.90 Å². The van der Waals surface area contributed by atoms with Crippen LogP contribution in [0.1, 0.15) is 38.8 Å². The van der Waals surface area contributed by atoms with Gasteiger partial charge in [-0.2, -0.15) is 0 Å². The van der Waals surface area contributed by atoms with E-state index in [1.54, 1.807) is 24.3 Å². The molecule has 0 aliphatic heterocycles. The van der Waals surface area contributed by atoms with E-state index >= 15 is 0 Å². The Bertz CT molecular complexity index is 1440. The van der Waals surface area contributed by atoms with Gasteiger partial charge in [0.15, 0.2) is 0 Å². The lowest BCUT2D eigenvalue weighted by Gasteiger charge is -2.34. The molecule has 0 aliphatic rings. The van der Waals surface area contributed by atoms with Gasteiger partial charge in [0.1, 0.15) is 29.7 Å². The number of nitrogens with zero attached hydrogens (tertiary/aromatic N) is 4. The van der Waals surface area contributed by atoms with Gasteiger partial charge in [0.2, 0.25) is 11.8 Å². The highest BCUT2D eigenvalue weighted by molar-refractivity contribution is 6.31. The first-order chi connectivity index (χ1) is 17.6. The third kappa shape index (κ3) is 5.72. The Morgan fingerprint density at radius 1 is 1.14 bits per heavy atom. The molecule has 0 fully saturated rings. The molecular weight excluding hydrogens is 497 g/mol. The number of halogens is 2. The normalized spacial score (nSPS) is 12.4. The van der Waals surface area contributed by atoms with Gasteiger partial charge < -0.3 is 10.4 Å². The minimum absolute atomic E-state index is 0.00795. The van der Waals surface area contributed by atoms with Crippen molar-refractivity contribution in [2.24, 2.45) is 0 Å². The molecule has 3 aromatic carbocycles. The summed E-state index contributed by atoms with van der Waals surface area (Å²) in [7, 11) is 0. The Morgan fingerprint density at radius 3 is 2.51 bits per heavy atom. The number of fused-ring (bicyclic) bond motifs is 1. The summed E-state index contributed by atoms with van der Waals surface area (Å²) in [5, 5.41) is 20.9. The van der Waals surface area contributed by atoms with Gasteiger partial charge in [0.25, 0.3) is 0 Å². The van der Waals surface area contributed by atoms with E-state index in [1.165, 1.54) is 33.8 Å². The van der Waals surface area contributed by atoms with Crippen LogP contribution >= 0.6 is 11.6 Å². The fourth-order valence-corrected chi connectivity index (χ4v) is 4.05. The third-order valence-electron chi connectivity index (χ3n) is 6.22. The predicted molar refractivity (Wildman–Crippen MR) is 140 cm³/mol. The van der Waals surface area contributed by atoms with Crippen LogP contribution in [0, 0.1) is 5.82 Å². The molecule has 4 rings (SSSR count). The summed E-state index contributed by atoms with van der Waals surface area (Å²) in [6.07, 6.45) is 0.641. The van der Waals surface area contributed by atoms with Crippen LogP contribution in [-0.4, -0.2) is 37.5 Å². The maximum atomic E-state index is 14.1. The third-order valence-corrected chi connectivity index (χ3v) is 6.51. The number of hydrogen-bond donors (Lipinski definition) is 2. The number of benzene rings is 3. The van der Waals surface area contributed by atoms with Crippen molar-refractivity contribution in [3.8, 4) is 5.75 Å². The Hall–Kier alpha value is -3.98. The maximum Gasteiger partial charge on any atom is 0.249 e. The number of carbonyl (C=O) groups is 2. The van der Waals surface area contributed by atoms with Gasteiger partial charge in [0, 0.05) is 11.2 Å². The molecular formula is C27H27ClFN5O3. The number of phenolic OH excluding ortho intramolecular Hbond substituents is 1. The van der Waals surface area contributed by atoms with E-state index < -0.39 is 29.2 Å². The van der Waals surface area contributed by atoms with Crippen LogP contribution < -0.4 is 10.2 Å². The summed E-state index contributed by atoms with van der Waals surface area (Å²) in [6.45, 7) is 5.45. The Balaban J connectivity index is 1.84. The van der Waals surface area contributed by atoms with E-state index in [1.807, 2.05) is 32.9 Å². The molecule has 10 heteroatoms. The van der Waals surface area contributed by atoms with Crippen LogP contribution in [0.3, 0.4) is 0 Å². The molecule has 1 atom stereocenters. The lowest BCUT2D eigenvalue weighted by Crippen LogP contribution is -2.51. The molecule has 1 heterocycles. The van der Waals surface area contributed by atoms with Gasteiger partial charge in [0.05, 0.1) is 10.5 Å². The van der Waals surface area contributed by atoms with Crippen molar-refractivity contribution in [3.63, 3.8) is 0 Å². The summed E-state index contributed by atoms with van der Waals surface area (Å²) in [5.74, 6) is -1.60. The lowest BCUT2D eigenvalue weighted by atomic mass is 9.98. The minimum Gasteiger partial charge on any atom is -0.508 e. The van der Waals surface area contributed by atoms with Crippen molar-refractivity contribution in [3.05, 3.63) is 83.1 Å². The number of carbonyl (C=O) groups excluding carboxylic acids is 2. The first kappa shape index (κ1) is 26.1. The van der Waals surface area contributed by atoms with E-state index in [9.17, 15) is 19.1 Å². The molecule has 4 aromatic rings. The van der Waals surface area contributed by atoms with Crippen LogP contribution in [-0.2, 0) is 16.1 Å². The number of nitrogens with one attached hydrogen (secondary N) is 1. The fourth-order valence-electron chi connectivity index (χ4n) is 3.87. The molecule has 0 radical (unpaired) electrons. The topological polar surface area (TPSA) is 100 Å². The summed E-state index contributed by atoms with van der Waals surface area (Å²) in [5.41, 5.74) is 1.36. The number of anilines is 1. The quantitative estimate of drug-likeness (QED) is 0.338. The molecule has 8 nitrogen and oxygen atoms in total. The van der Waals surface area contributed by atoms with E-state index in [-0.39, 0.29) is 23.0 Å². The van der Waals surface area contributed by atoms with Gasteiger partial charge in [-0.3, -0.25) is 14.5 Å². The molecule has 0 saturated carbocycles. The Labute approximate surface area is 218 Å². The Morgan fingerprint density at radius 2 is 1.84 bits per heavy atom. The zero-order valence-electron chi connectivity index (χ0n) is 20.7. The number of hydrogen-bond acceptors (Lipinski definition) is 5. The van der Waals surface area contributed by atoms with Gasteiger partial charge in [-0.1, -0.05) is 48.0 Å². The summed E-state index contributed by atoms with van der Waals surface area (Å²) in [4.78, 5) is 29.0. The standard InChI is InChI=1S/C27H27ClFN5O3/c1-4-27(2,3)30-26(37)25(17-9-12-19(35)13-10-17)34(18-11-14-21(29)20(28)15-18)24(36)16-33-23-8-6-5-7-22(23)31-32-33/h5-15,25,35H,4,16H2,1-3H3,(H,30,37)/t25-/m0/s1. The van der Waals surface area contributed by atoms with E-state index in [0.29, 0.717) is 23.0 Å². The number of para-hydroxylation sites is 1. The molecule has 2 N–H and O–H groups in total. The van der Waals surface area contributed by atoms with Crippen LogP contribution in [0.4, 0.5) is 10.1 Å². The molecule has 0 unspecified atom stereocenters. The van der Waals surface area contributed by atoms with Crippen molar-refractivity contribution in [1.29, 1.82) is 0 Å². The molecule has 37 heavy (non-hydrogen) atoms. The zero-order valence-corrected chi connectivity index (χ0v) is 21.4. The zero-order chi connectivity index (χ0) is 26.7. The summed E-state index contributed by atoms with van der Waals surface area (Å²) in [6, 6.07) is 15.9. The summed E-state index contributed by atoms with van der Waals surface area (Å²) >= 11 is 6.09. The first-order valence-electron chi connectivity index (χ1n) is 11.8. The highest BCUT2D eigenvalue weighted by Crippen LogP contribution is 2.32. The lowest BCUT2D eigenvalue weighted by molar-refractivity contribution is -0.128. The number of aromatic nitrogens is 3. The minimum atomic E-state index is -1.16. The smallest absolute Gasteiger partial charge is 0.249 e. The first-order valence-corrected chi connectivity index (χ1v) is 12.1. The highest BCUT2D eigenvalue weighted by atomic mass is 35.5. The number of aromatic hydroxyl groups is 1. The average Bonchev–Trinajstić information content (AvgIpc) is 3.27. The average molecular weight is 524 g/mol. The number of phenols is 1. The van der Waals surface area contributed by atoms with Gasteiger partial charge in [-0.25, -0.2) is 9.07 Å². The van der Waals surface area contributed by atoms with Gasteiger partial charge in [-0.15, -0.1) is 5.10 Å². The van der Waals surface area contributed by atoms with E-state index in [4.69, 9.17) is 11.6 Å². The molecule has 0 bridgehead atoms. The maximum absolute atomic E-state index is 14.1. The van der Waals surface area contributed by atoms with E-state index in [0.717, 1.165) is 6.07 Å². The molecule has 1 aromatic heterocycles. The second-order valence-electron chi connectivity index (χ2n) is 9.32. The van der Waals surface area contributed by atoms with Gasteiger partial charge >= 0.3 is 0 Å². The van der Waals surface area contributed by atoms with Crippen LogP contribution in [0.2, 0.25) is 5.02 Å².